The Morgan fingerprint density at radius 3 is 2.32 bits per heavy atom. The minimum absolute atomic E-state index is 0.0685. The van der Waals surface area contributed by atoms with Crippen molar-refractivity contribution in [1.29, 1.82) is 0 Å². The first kappa shape index (κ1) is 24.8. The van der Waals surface area contributed by atoms with Gasteiger partial charge in [-0.2, -0.15) is 0 Å². The first-order chi connectivity index (χ1) is 15.0. The van der Waals surface area contributed by atoms with E-state index in [0.29, 0.717) is 43.3 Å². The summed E-state index contributed by atoms with van der Waals surface area (Å²) in [5, 5.41) is 5.79. The normalized spacial score (nSPS) is 19.3. The number of hydrogen-bond donors (Lipinski definition) is 4. The van der Waals surface area contributed by atoms with E-state index in [9.17, 15) is 14.4 Å². The van der Waals surface area contributed by atoms with Gasteiger partial charge in [0.2, 0.25) is 11.8 Å². The summed E-state index contributed by atoms with van der Waals surface area (Å²) >= 11 is 0. The van der Waals surface area contributed by atoms with E-state index in [0.717, 1.165) is 38.5 Å². The maximum atomic E-state index is 12.9. The minimum Gasteiger partial charge on any atom is -0.462 e. The topological polar surface area (TPSA) is 137 Å². The van der Waals surface area contributed by atoms with Gasteiger partial charge < -0.3 is 26.8 Å². The third kappa shape index (κ3) is 7.95. The van der Waals surface area contributed by atoms with Crippen LogP contribution >= 0.6 is 0 Å². The van der Waals surface area contributed by atoms with Gasteiger partial charge >= 0.3 is 5.97 Å². The molecule has 31 heavy (non-hydrogen) atoms. The molecule has 1 aromatic rings. The molecule has 0 saturated heterocycles. The van der Waals surface area contributed by atoms with E-state index in [-0.39, 0.29) is 17.7 Å². The van der Waals surface area contributed by atoms with E-state index in [1.165, 1.54) is 0 Å². The summed E-state index contributed by atoms with van der Waals surface area (Å²) in [6.07, 6.45) is 5.57. The number of amides is 2. The highest BCUT2D eigenvalue weighted by atomic mass is 16.5. The molecule has 6 N–H and O–H groups in total. The molecule has 1 aliphatic carbocycles. The highest BCUT2D eigenvalue weighted by Crippen LogP contribution is 2.28. The third-order valence-corrected chi connectivity index (χ3v) is 5.79. The van der Waals surface area contributed by atoms with Crippen molar-refractivity contribution in [3.63, 3.8) is 0 Å². The number of carbonyl (C=O) groups excluding carboxylic acids is 3. The van der Waals surface area contributed by atoms with Crippen molar-refractivity contribution >= 4 is 23.5 Å². The zero-order valence-electron chi connectivity index (χ0n) is 18.4. The number of rotatable bonds is 11. The first-order valence-electron chi connectivity index (χ1n) is 11.3. The molecule has 172 valence electrons. The van der Waals surface area contributed by atoms with Gasteiger partial charge in [-0.15, -0.1) is 0 Å². The molecule has 0 aromatic heterocycles. The Morgan fingerprint density at radius 1 is 1.06 bits per heavy atom. The molecule has 0 aliphatic heterocycles. The van der Waals surface area contributed by atoms with Crippen LogP contribution in [0.3, 0.4) is 0 Å². The summed E-state index contributed by atoms with van der Waals surface area (Å²) in [4.78, 5) is 37.4. The van der Waals surface area contributed by atoms with Gasteiger partial charge in [0.1, 0.15) is 6.04 Å². The molecule has 8 nitrogen and oxygen atoms in total. The number of ether oxygens (including phenoxy) is 1. The van der Waals surface area contributed by atoms with Crippen LogP contribution in [0.4, 0.5) is 5.69 Å². The number of benzene rings is 1. The minimum atomic E-state index is -0.629. The lowest BCUT2D eigenvalue weighted by molar-refractivity contribution is -0.130. The third-order valence-electron chi connectivity index (χ3n) is 5.79. The van der Waals surface area contributed by atoms with Crippen molar-refractivity contribution in [3.05, 3.63) is 29.8 Å². The van der Waals surface area contributed by atoms with Crippen molar-refractivity contribution in [2.75, 3.05) is 25.0 Å². The molecule has 8 heteroatoms. The second kappa shape index (κ2) is 13.1. The van der Waals surface area contributed by atoms with Gasteiger partial charge in [0.05, 0.1) is 12.2 Å². The fourth-order valence-electron chi connectivity index (χ4n) is 3.84. The lowest BCUT2D eigenvalue weighted by Crippen LogP contribution is -2.46. The zero-order chi connectivity index (χ0) is 22.6. The molecule has 0 heterocycles. The summed E-state index contributed by atoms with van der Waals surface area (Å²) in [5.74, 6) is -0.329. The predicted molar refractivity (Wildman–Crippen MR) is 120 cm³/mol. The number of unbranched alkanes of at least 4 members (excludes halogenated alkanes) is 1. The molecule has 2 rings (SSSR count). The monoisotopic (exact) mass is 432 g/mol. The molecule has 1 aliphatic rings. The molecular weight excluding hydrogens is 396 g/mol. The van der Waals surface area contributed by atoms with E-state index >= 15 is 0 Å². The van der Waals surface area contributed by atoms with Crippen molar-refractivity contribution < 1.29 is 19.1 Å². The van der Waals surface area contributed by atoms with Gasteiger partial charge in [-0.05, 0) is 95.1 Å². The van der Waals surface area contributed by atoms with Crippen LogP contribution in [0.5, 0.6) is 0 Å². The molecule has 0 unspecified atom stereocenters. The molecule has 0 bridgehead atoms. The maximum absolute atomic E-state index is 12.9. The smallest absolute Gasteiger partial charge is 0.338 e. The molecule has 1 saturated carbocycles. The maximum Gasteiger partial charge on any atom is 0.338 e. The van der Waals surface area contributed by atoms with Crippen LogP contribution < -0.4 is 22.1 Å². The van der Waals surface area contributed by atoms with E-state index in [2.05, 4.69) is 10.6 Å². The Kier molecular flexibility index (Phi) is 10.5. The Hall–Kier alpha value is -2.45. The Morgan fingerprint density at radius 2 is 1.74 bits per heavy atom. The summed E-state index contributed by atoms with van der Waals surface area (Å²) in [7, 11) is 0. The SMILES string of the molecule is CCOC(=O)c1ccc(NC(=O)[C@H](CCCCN)NC(=O)C2CCC(CN)CC2)cc1. The average Bonchev–Trinajstić information content (AvgIpc) is 2.79. The molecule has 1 aromatic carbocycles. The van der Waals surface area contributed by atoms with Gasteiger partial charge in [-0.25, -0.2) is 4.79 Å². The predicted octanol–water partition coefficient (Wildman–Crippen LogP) is 2.18. The summed E-state index contributed by atoms with van der Waals surface area (Å²) < 4.78 is 4.97. The lowest BCUT2D eigenvalue weighted by atomic mass is 9.81. The molecular formula is C23H36N4O4. The van der Waals surface area contributed by atoms with Crippen molar-refractivity contribution in [3.8, 4) is 0 Å². The van der Waals surface area contributed by atoms with Crippen molar-refractivity contribution in [1.82, 2.24) is 5.32 Å². The Labute approximate surface area is 184 Å². The van der Waals surface area contributed by atoms with Gasteiger partial charge in [-0.1, -0.05) is 0 Å². The van der Waals surface area contributed by atoms with Crippen LogP contribution in [0.15, 0.2) is 24.3 Å². The number of nitrogens with two attached hydrogens (primary N) is 2. The molecule has 1 atom stereocenters. The van der Waals surface area contributed by atoms with Gasteiger partial charge in [0.15, 0.2) is 0 Å². The number of nitrogens with one attached hydrogen (secondary N) is 2. The van der Waals surface area contributed by atoms with Crippen molar-refractivity contribution in [2.24, 2.45) is 23.3 Å². The van der Waals surface area contributed by atoms with E-state index < -0.39 is 12.0 Å². The number of hydrogen-bond acceptors (Lipinski definition) is 6. The quantitative estimate of drug-likeness (QED) is 0.312. The van der Waals surface area contributed by atoms with Gasteiger partial charge in [0, 0.05) is 11.6 Å². The summed E-state index contributed by atoms with van der Waals surface area (Å²) in [6, 6.07) is 5.88. The number of anilines is 1. The number of carbonyl (C=O) groups is 3. The van der Waals surface area contributed by atoms with Crippen LogP contribution in [0, 0.1) is 11.8 Å². The van der Waals surface area contributed by atoms with Gasteiger partial charge in [-0.3, -0.25) is 9.59 Å². The highest BCUT2D eigenvalue weighted by molar-refractivity contribution is 5.98. The first-order valence-corrected chi connectivity index (χ1v) is 11.3. The van der Waals surface area contributed by atoms with Crippen LogP contribution in [-0.4, -0.2) is 43.5 Å². The Bertz CT molecular complexity index is 715. The molecule has 0 spiro atoms. The fourth-order valence-corrected chi connectivity index (χ4v) is 3.84. The standard InChI is InChI=1S/C23H36N4O4/c1-2-31-23(30)18-10-12-19(13-11-18)26-22(29)20(5-3-4-14-24)27-21(28)17-8-6-16(15-25)7-9-17/h10-13,16-17,20H,2-9,14-15,24-25H2,1H3,(H,26,29)(H,27,28)/t16?,17?,20-/m0/s1. The molecule has 2 amide bonds. The zero-order valence-corrected chi connectivity index (χ0v) is 18.4. The molecule has 1 fully saturated rings. The van der Waals surface area contributed by atoms with E-state index in [1.54, 1.807) is 31.2 Å². The lowest BCUT2D eigenvalue weighted by Gasteiger charge is -2.28. The van der Waals surface area contributed by atoms with Crippen LogP contribution in [-0.2, 0) is 14.3 Å². The fraction of sp³-hybridized carbons (Fsp3) is 0.609. The van der Waals surface area contributed by atoms with Crippen LogP contribution in [0.25, 0.3) is 0 Å². The largest absolute Gasteiger partial charge is 0.462 e. The summed E-state index contributed by atoms with van der Waals surface area (Å²) in [5.41, 5.74) is 12.3. The average molecular weight is 433 g/mol. The summed E-state index contributed by atoms with van der Waals surface area (Å²) in [6.45, 7) is 3.25. The van der Waals surface area contributed by atoms with Crippen molar-refractivity contribution in [2.45, 2.75) is 57.9 Å². The van der Waals surface area contributed by atoms with E-state index in [4.69, 9.17) is 16.2 Å². The van der Waals surface area contributed by atoms with Crippen LogP contribution in [0.1, 0.15) is 62.2 Å². The number of esters is 1. The van der Waals surface area contributed by atoms with E-state index in [1.807, 2.05) is 0 Å². The highest BCUT2D eigenvalue weighted by Gasteiger charge is 2.29. The Balaban J connectivity index is 1.97. The second-order valence-electron chi connectivity index (χ2n) is 8.09. The molecule has 0 radical (unpaired) electrons. The van der Waals surface area contributed by atoms with Gasteiger partial charge in [0.25, 0.3) is 0 Å². The van der Waals surface area contributed by atoms with Crippen LogP contribution in [0.2, 0.25) is 0 Å². The second-order valence-corrected chi connectivity index (χ2v) is 8.09.